The molecule has 1 N–H and O–H groups in total. The number of nitrogens with one attached hydrogen (secondary N) is 1. The van der Waals surface area contributed by atoms with Gasteiger partial charge in [0.05, 0.1) is 17.9 Å². The molecule has 0 fully saturated rings. The molecule has 0 atom stereocenters. The Morgan fingerprint density at radius 1 is 1.17 bits per heavy atom. The van der Waals surface area contributed by atoms with Crippen LogP contribution in [0.25, 0.3) is 0 Å². The van der Waals surface area contributed by atoms with Gasteiger partial charge in [-0.25, -0.2) is 17.6 Å². The van der Waals surface area contributed by atoms with E-state index in [4.69, 9.17) is 4.74 Å². The van der Waals surface area contributed by atoms with Crippen molar-refractivity contribution in [2.45, 2.75) is 12.7 Å². The summed E-state index contributed by atoms with van der Waals surface area (Å²) in [5.74, 6) is -1.62. The summed E-state index contributed by atoms with van der Waals surface area (Å²) in [7, 11) is -3.81. The van der Waals surface area contributed by atoms with E-state index < -0.39 is 27.6 Å². The molecule has 0 bridgehead atoms. The molecule has 5 nitrogen and oxygen atoms in total. The van der Waals surface area contributed by atoms with Gasteiger partial charge in [0.25, 0.3) is 0 Å². The third kappa shape index (κ3) is 4.79. The highest BCUT2D eigenvalue weighted by Crippen LogP contribution is 2.16. The summed E-state index contributed by atoms with van der Waals surface area (Å²) in [6.45, 7) is 1.90. The quantitative estimate of drug-likeness (QED) is 0.823. The highest BCUT2D eigenvalue weighted by Gasteiger charge is 2.15. The molecule has 2 aromatic rings. The molecule has 0 aromatic heterocycles. The van der Waals surface area contributed by atoms with E-state index in [9.17, 15) is 17.6 Å². The van der Waals surface area contributed by atoms with Crippen molar-refractivity contribution < 1.29 is 22.3 Å². The van der Waals surface area contributed by atoms with Gasteiger partial charge in [0.2, 0.25) is 10.0 Å². The number of ether oxygens (including phenoxy) is 1. The number of benzene rings is 2. The molecule has 2 aromatic carbocycles. The average Bonchev–Trinajstić information content (AvgIpc) is 2.49. The number of carbonyl (C=O) groups excluding carboxylic acids is 1. The fourth-order valence-electron chi connectivity index (χ4n) is 1.96. The Labute approximate surface area is 134 Å². The zero-order chi connectivity index (χ0) is 16.9. The van der Waals surface area contributed by atoms with Gasteiger partial charge < -0.3 is 4.74 Å². The topological polar surface area (TPSA) is 72.5 Å². The van der Waals surface area contributed by atoms with Crippen molar-refractivity contribution in [1.82, 2.24) is 0 Å². The molecule has 0 radical (unpaired) electrons. The minimum absolute atomic E-state index is 0.0709. The molecule has 0 unspecified atom stereocenters. The molecular weight excluding hydrogens is 321 g/mol. The summed E-state index contributed by atoms with van der Waals surface area (Å²) in [5.41, 5.74) is 0.520. The van der Waals surface area contributed by atoms with Gasteiger partial charge in [-0.1, -0.05) is 24.3 Å². The zero-order valence-electron chi connectivity index (χ0n) is 12.5. The number of hydrogen-bond donors (Lipinski definition) is 1. The summed E-state index contributed by atoms with van der Waals surface area (Å²) < 4.78 is 45.0. The summed E-state index contributed by atoms with van der Waals surface area (Å²) in [4.78, 5) is 11.6. The zero-order valence-corrected chi connectivity index (χ0v) is 13.3. The van der Waals surface area contributed by atoms with Crippen LogP contribution in [0.3, 0.4) is 0 Å². The van der Waals surface area contributed by atoms with Crippen LogP contribution in [0.2, 0.25) is 0 Å². The lowest BCUT2D eigenvalue weighted by Gasteiger charge is -2.10. The Morgan fingerprint density at radius 2 is 1.91 bits per heavy atom. The lowest BCUT2D eigenvalue weighted by molar-refractivity contribution is 0.0526. The first-order valence-corrected chi connectivity index (χ1v) is 8.57. The molecule has 0 amide bonds. The van der Waals surface area contributed by atoms with E-state index in [1.165, 1.54) is 42.5 Å². The van der Waals surface area contributed by atoms with Crippen molar-refractivity contribution in [2.24, 2.45) is 0 Å². The molecule has 2 rings (SSSR count). The van der Waals surface area contributed by atoms with Crippen LogP contribution in [0.4, 0.5) is 10.1 Å². The van der Waals surface area contributed by atoms with E-state index in [0.29, 0.717) is 0 Å². The van der Waals surface area contributed by atoms with Gasteiger partial charge in [0, 0.05) is 11.3 Å². The van der Waals surface area contributed by atoms with Crippen LogP contribution in [-0.2, 0) is 20.5 Å². The number of esters is 1. The van der Waals surface area contributed by atoms with Gasteiger partial charge in [-0.3, -0.25) is 4.72 Å². The lowest BCUT2D eigenvalue weighted by Crippen LogP contribution is -2.16. The number of rotatable bonds is 6. The fourth-order valence-corrected chi connectivity index (χ4v) is 3.16. The van der Waals surface area contributed by atoms with Crippen LogP contribution in [0.15, 0.2) is 48.5 Å². The molecule has 0 spiro atoms. The fraction of sp³-hybridized carbons (Fsp3) is 0.188. The smallest absolute Gasteiger partial charge is 0.338 e. The lowest BCUT2D eigenvalue weighted by atomic mass is 10.2. The highest BCUT2D eigenvalue weighted by atomic mass is 32.2. The molecule has 0 heterocycles. The van der Waals surface area contributed by atoms with Gasteiger partial charge in [-0.15, -0.1) is 0 Å². The van der Waals surface area contributed by atoms with E-state index in [0.717, 1.165) is 0 Å². The SMILES string of the molecule is CCOC(=O)c1cccc(NS(=O)(=O)Cc2ccccc2F)c1. The van der Waals surface area contributed by atoms with Gasteiger partial charge in [-0.05, 0) is 31.2 Å². The maximum Gasteiger partial charge on any atom is 0.338 e. The van der Waals surface area contributed by atoms with Crippen molar-refractivity contribution in [2.75, 3.05) is 11.3 Å². The van der Waals surface area contributed by atoms with Gasteiger partial charge in [-0.2, -0.15) is 0 Å². The Balaban J connectivity index is 2.16. The third-order valence-corrected chi connectivity index (χ3v) is 4.19. The summed E-state index contributed by atoms with van der Waals surface area (Å²) in [6, 6.07) is 11.6. The maximum atomic E-state index is 13.6. The standard InChI is InChI=1S/C16H16FNO4S/c1-2-22-16(19)12-7-5-8-14(10-12)18-23(20,21)11-13-6-3-4-9-15(13)17/h3-10,18H,2,11H2,1H3. The van der Waals surface area contributed by atoms with E-state index in [2.05, 4.69) is 4.72 Å². The van der Waals surface area contributed by atoms with Crippen molar-refractivity contribution in [3.05, 3.63) is 65.5 Å². The van der Waals surface area contributed by atoms with Crippen LogP contribution in [-0.4, -0.2) is 21.0 Å². The largest absolute Gasteiger partial charge is 0.462 e. The minimum atomic E-state index is -3.81. The molecule has 0 saturated carbocycles. The molecule has 122 valence electrons. The second-order valence-electron chi connectivity index (χ2n) is 4.75. The number of sulfonamides is 1. The molecular formula is C16H16FNO4S. The van der Waals surface area contributed by atoms with Gasteiger partial charge >= 0.3 is 5.97 Å². The number of halogens is 1. The van der Waals surface area contributed by atoms with E-state index in [-0.39, 0.29) is 23.4 Å². The van der Waals surface area contributed by atoms with Crippen LogP contribution < -0.4 is 4.72 Å². The molecule has 7 heteroatoms. The summed E-state index contributed by atoms with van der Waals surface area (Å²) in [6.07, 6.45) is 0. The van der Waals surface area contributed by atoms with Crippen molar-refractivity contribution in [3.63, 3.8) is 0 Å². The minimum Gasteiger partial charge on any atom is -0.462 e. The first-order valence-electron chi connectivity index (χ1n) is 6.92. The molecule has 0 aliphatic heterocycles. The van der Waals surface area contributed by atoms with Gasteiger partial charge in [0.15, 0.2) is 0 Å². The number of anilines is 1. The van der Waals surface area contributed by atoms with E-state index >= 15 is 0 Å². The Morgan fingerprint density at radius 3 is 2.61 bits per heavy atom. The van der Waals surface area contributed by atoms with Crippen LogP contribution in [0.1, 0.15) is 22.8 Å². The van der Waals surface area contributed by atoms with Gasteiger partial charge in [0.1, 0.15) is 5.82 Å². The predicted octanol–water partition coefficient (Wildman–Crippen LogP) is 2.94. The molecule has 0 aliphatic carbocycles. The van der Waals surface area contributed by atoms with Crippen molar-refractivity contribution in [3.8, 4) is 0 Å². The van der Waals surface area contributed by atoms with Crippen LogP contribution in [0, 0.1) is 5.82 Å². The Kier molecular flexibility index (Phi) is 5.33. The molecule has 0 aliphatic rings. The summed E-state index contributed by atoms with van der Waals surface area (Å²) in [5, 5.41) is 0. The number of hydrogen-bond acceptors (Lipinski definition) is 4. The normalized spacial score (nSPS) is 11.0. The highest BCUT2D eigenvalue weighted by molar-refractivity contribution is 7.91. The predicted molar refractivity (Wildman–Crippen MR) is 85.0 cm³/mol. The first kappa shape index (κ1) is 17.0. The second-order valence-corrected chi connectivity index (χ2v) is 6.48. The van der Waals surface area contributed by atoms with Crippen molar-refractivity contribution >= 4 is 21.7 Å². The summed E-state index contributed by atoms with van der Waals surface area (Å²) >= 11 is 0. The second kappa shape index (κ2) is 7.23. The molecule has 23 heavy (non-hydrogen) atoms. The Bertz CT molecular complexity index is 805. The molecule has 0 saturated heterocycles. The van der Waals surface area contributed by atoms with Crippen LogP contribution >= 0.6 is 0 Å². The third-order valence-electron chi connectivity index (χ3n) is 2.95. The average molecular weight is 337 g/mol. The first-order chi connectivity index (χ1) is 10.9. The van der Waals surface area contributed by atoms with E-state index in [1.807, 2.05) is 0 Å². The van der Waals surface area contributed by atoms with Crippen LogP contribution in [0.5, 0.6) is 0 Å². The van der Waals surface area contributed by atoms with Crippen molar-refractivity contribution in [1.29, 1.82) is 0 Å². The maximum absolute atomic E-state index is 13.6. The van der Waals surface area contributed by atoms with E-state index in [1.54, 1.807) is 13.0 Å². The monoisotopic (exact) mass is 337 g/mol. The number of carbonyl (C=O) groups is 1. The Hall–Kier alpha value is -2.41.